The Hall–Kier alpha value is -2.13. The van der Waals surface area contributed by atoms with Crippen molar-refractivity contribution in [3.8, 4) is 0 Å². The van der Waals surface area contributed by atoms with E-state index in [2.05, 4.69) is 5.32 Å². The third kappa shape index (κ3) is 5.43. The molecule has 3 rings (SSSR count). The molecule has 32 heavy (non-hydrogen) atoms. The molecular formula is C22H25Cl2N3O4S. The van der Waals surface area contributed by atoms with Crippen LogP contribution < -0.4 is 5.32 Å². The molecule has 7 nitrogen and oxygen atoms in total. The van der Waals surface area contributed by atoms with Crippen LogP contribution in [-0.4, -0.2) is 55.6 Å². The fourth-order valence-corrected chi connectivity index (χ4v) is 6.02. The largest absolute Gasteiger partial charge is 0.336 e. The second kappa shape index (κ2) is 10.2. The van der Waals surface area contributed by atoms with Gasteiger partial charge < -0.3 is 10.2 Å². The number of hydrogen-bond donors (Lipinski definition) is 1. The Kier molecular flexibility index (Phi) is 7.82. The number of rotatable bonds is 6. The van der Waals surface area contributed by atoms with Crippen LogP contribution in [0.3, 0.4) is 0 Å². The second-order valence-corrected chi connectivity index (χ2v) is 10.6. The number of benzene rings is 2. The number of hydrogen-bond acceptors (Lipinski definition) is 4. The first-order valence-electron chi connectivity index (χ1n) is 10.2. The number of amides is 2. The zero-order valence-electron chi connectivity index (χ0n) is 17.8. The van der Waals surface area contributed by atoms with E-state index >= 15 is 0 Å². The van der Waals surface area contributed by atoms with Crippen molar-refractivity contribution in [1.82, 2.24) is 9.21 Å². The first-order valence-corrected chi connectivity index (χ1v) is 12.4. The van der Waals surface area contributed by atoms with E-state index in [0.29, 0.717) is 17.7 Å². The molecule has 0 saturated carbocycles. The number of nitrogens with one attached hydrogen (secondary N) is 1. The van der Waals surface area contributed by atoms with Gasteiger partial charge in [0.2, 0.25) is 15.9 Å². The maximum absolute atomic E-state index is 13.1. The number of halogens is 2. The molecule has 0 spiro atoms. The molecule has 2 aromatic carbocycles. The highest BCUT2D eigenvalue weighted by atomic mass is 35.5. The molecule has 1 fully saturated rings. The van der Waals surface area contributed by atoms with Crippen LogP contribution in [0, 0.1) is 5.92 Å². The summed E-state index contributed by atoms with van der Waals surface area (Å²) in [5, 5.41) is 2.92. The summed E-state index contributed by atoms with van der Waals surface area (Å²) < 4.78 is 27.4. The molecule has 0 aromatic heterocycles. The van der Waals surface area contributed by atoms with Crippen LogP contribution in [0.25, 0.3) is 0 Å². The average Bonchev–Trinajstić information content (AvgIpc) is 2.73. The molecule has 172 valence electrons. The van der Waals surface area contributed by atoms with Gasteiger partial charge in [-0.15, -0.1) is 0 Å². The Morgan fingerprint density at radius 2 is 1.56 bits per heavy atom. The highest BCUT2D eigenvalue weighted by Crippen LogP contribution is 2.32. The van der Waals surface area contributed by atoms with Gasteiger partial charge in [0.05, 0.1) is 21.3 Å². The predicted molar refractivity (Wildman–Crippen MR) is 126 cm³/mol. The van der Waals surface area contributed by atoms with Crippen molar-refractivity contribution in [2.75, 3.05) is 31.5 Å². The van der Waals surface area contributed by atoms with Crippen molar-refractivity contribution in [1.29, 1.82) is 0 Å². The first kappa shape index (κ1) is 24.5. The van der Waals surface area contributed by atoms with E-state index in [4.69, 9.17) is 23.2 Å². The van der Waals surface area contributed by atoms with E-state index in [-0.39, 0.29) is 58.9 Å². The van der Waals surface area contributed by atoms with Gasteiger partial charge in [0.1, 0.15) is 4.90 Å². The van der Waals surface area contributed by atoms with E-state index in [1.807, 2.05) is 13.8 Å². The molecule has 0 radical (unpaired) electrons. The van der Waals surface area contributed by atoms with Crippen LogP contribution in [0.5, 0.6) is 0 Å². The highest BCUT2D eigenvalue weighted by molar-refractivity contribution is 7.89. The van der Waals surface area contributed by atoms with E-state index in [0.717, 1.165) is 0 Å². The summed E-state index contributed by atoms with van der Waals surface area (Å²) in [6, 6.07) is 11.4. The van der Waals surface area contributed by atoms with Gasteiger partial charge >= 0.3 is 0 Å². The first-order chi connectivity index (χ1) is 15.1. The molecule has 1 heterocycles. The van der Waals surface area contributed by atoms with E-state index in [9.17, 15) is 18.0 Å². The molecule has 0 atom stereocenters. The summed E-state index contributed by atoms with van der Waals surface area (Å²) in [5.74, 6) is -0.231. The minimum absolute atomic E-state index is 0.0575. The number of anilines is 1. The lowest BCUT2D eigenvalue weighted by Crippen LogP contribution is -2.50. The Morgan fingerprint density at radius 3 is 2.16 bits per heavy atom. The number of carbonyl (C=O) groups is 2. The number of carbonyl (C=O) groups excluding carboxylic acids is 2. The zero-order valence-corrected chi connectivity index (χ0v) is 20.2. The van der Waals surface area contributed by atoms with Crippen LogP contribution in [0.1, 0.15) is 30.6 Å². The lowest BCUT2D eigenvalue weighted by Gasteiger charge is -2.34. The maximum Gasteiger partial charge on any atom is 0.256 e. The number of sulfonamides is 1. The normalized spacial score (nSPS) is 15.1. The molecule has 1 saturated heterocycles. The average molecular weight is 498 g/mol. The number of para-hydroxylation sites is 1. The van der Waals surface area contributed by atoms with Crippen LogP contribution >= 0.6 is 23.2 Å². The minimum Gasteiger partial charge on any atom is -0.336 e. The fraction of sp³-hybridized carbons (Fsp3) is 0.364. The van der Waals surface area contributed by atoms with E-state index < -0.39 is 10.0 Å². The molecule has 1 aliphatic rings. The van der Waals surface area contributed by atoms with Gasteiger partial charge in [-0.2, -0.15) is 4.31 Å². The molecule has 2 aromatic rings. The molecule has 0 aliphatic carbocycles. The van der Waals surface area contributed by atoms with E-state index in [1.165, 1.54) is 16.4 Å². The number of piperazine rings is 1. The van der Waals surface area contributed by atoms with Crippen molar-refractivity contribution in [3.63, 3.8) is 0 Å². The van der Waals surface area contributed by atoms with Gasteiger partial charge in [0.25, 0.3) is 5.91 Å². The quantitative estimate of drug-likeness (QED) is 0.649. The zero-order chi connectivity index (χ0) is 23.5. The van der Waals surface area contributed by atoms with Gasteiger partial charge in [-0.05, 0) is 30.2 Å². The molecule has 1 N–H and O–H groups in total. The monoisotopic (exact) mass is 497 g/mol. The third-order valence-corrected chi connectivity index (χ3v) is 7.92. The summed E-state index contributed by atoms with van der Waals surface area (Å²) >= 11 is 12.2. The summed E-state index contributed by atoms with van der Waals surface area (Å²) in [7, 11) is -3.90. The lowest BCUT2D eigenvalue weighted by atomic mass is 10.1. The molecular weight excluding hydrogens is 473 g/mol. The van der Waals surface area contributed by atoms with Gasteiger partial charge in [0, 0.05) is 32.6 Å². The van der Waals surface area contributed by atoms with Crippen molar-refractivity contribution in [2.45, 2.75) is 25.2 Å². The van der Waals surface area contributed by atoms with Gasteiger partial charge in [-0.1, -0.05) is 55.2 Å². The highest BCUT2D eigenvalue weighted by Gasteiger charge is 2.33. The lowest BCUT2D eigenvalue weighted by molar-refractivity contribution is -0.116. The smallest absolute Gasteiger partial charge is 0.256 e. The molecule has 0 unspecified atom stereocenters. The summed E-state index contributed by atoms with van der Waals surface area (Å²) in [6.45, 7) is 4.51. The van der Waals surface area contributed by atoms with Gasteiger partial charge in [-0.3, -0.25) is 9.59 Å². The summed E-state index contributed by atoms with van der Waals surface area (Å²) in [5.41, 5.74) is 0.816. The fourth-order valence-electron chi connectivity index (χ4n) is 3.51. The minimum atomic E-state index is -3.90. The Balaban J connectivity index is 1.72. The molecule has 0 bridgehead atoms. The summed E-state index contributed by atoms with van der Waals surface area (Å²) in [4.78, 5) is 26.8. The Labute approximate surface area is 198 Å². The van der Waals surface area contributed by atoms with Crippen molar-refractivity contribution in [3.05, 3.63) is 58.1 Å². The SMILES string of the molecule is CC(C)CC(=O)Nc1ccccc1C(=O)N1CCN(S(=O)(=O)c2c(Cl)cccc2Cl)CC1. The third-order valence-electron chi connectivity index (χ3n) is 5.07. The molecule has 10 heteroatoms. The summed E-state index contributed by atoms with van der Waals surface area (Å²) in [6.07, 6.45) is 0.351. The molecule has 2 amide bonds. The van der Waals surface area contributed by atoms with Gasteiger partial charge in [0.15, 0.2) is 0 Å². The van der Waals surface area contributed by atoms with Gasteiger partial charge in [-0.25, -0.2) is 8.42 Å². The van der Waals surface area contributed by atoms with Crippen molar-refractivity contribution >= 4 is 50.7 Å². The predicted octanol–water partition coefficient (Wildman–Crippen LogP) is 4.12. The van der Waals surface area contributed by atoms with Crippen molar-refractivity contribution in [2.24, 2.45) is 5.92 Å². The Bertz CT molecular complexity index is 1090. The van der Waals surface area contributed by atoms with Crippen molar-refractivity contribution < 1.29 is 18.0 Å². The van der Waals surface area contributed by atoms with E-state index in [1.54, 1.807) is 35.2 Å². The standard InChI is InChI=1S/C22H25Cl2N3O4S/c1-15(2)14-20(28)25-19-9-4-3-6-16(19)22(29)26-10-12-27(13-11-26)32(30,31)21-17(23)7-5-8-18(21)24/h3-9,15H,10-14H2,1-2H3,(H,25,28). The van der Waals surface area contributed by atoms with Crippen LogP contribution in [0.4, 0.5) is 5.69 Å². The van der Waals surface area contributed by atoms with Crippen LogP contribution in [0.2, 0.25) is 10.0 Å². The van der Waals surface area contributed by atoms with Crippen LogP contribution in [-0.2, 0) is 14.8 Å². The number of nitrogens with zero attached hydrogens (tertiary/aromatic N) is 2. The Morgan fingerprint density at radius 1 is 0.969 bits per heavy atom. The maximum atomic E-state index is 13.1. The topological polar surface area (TPSA) is 86.8 Å². The molecule has 1 aliphatic heterocycles. The second-order valence-electron chi connectivity index (χ2n) is 7.94. The van der Waals surface area contributed by atoms with Crippen LogP contribution in [0.15, 0.2) is 47.4 Å².